The molecule has 2 aliphatic rings. The van der Waals surface area contributed by atoms with E-state index >= 15 is 0 Å². The molecule has 2 fully saturated rings. The van der Waals surface area contributed by atoms with Crippen LogP contribution in [0.1, 0.15) is 55.6 Å². The van der Waals surface area contributed by atoms with Crippen molar-refractivity contribution in [2.45, 2.75) is 50.2 Å². The summed E-state index contributed by atoms with van der Waals surface area (Å²) in [6.45, 7) is 0. The third-order valence-corrected chi connectivity index (χ3v) is 5.72. The summed E-state index contributed by atoms with van der Waals surface area (Å²) in [5.74, 6) is 0. The zero-order valence-electron chi connectivity index (χ0n) is 14.1. The van der Waals surface area contributed by atoms with Crippen LogP contribution in [0.25, 0.3) is 0 Å². The average Bonchev–Trinajstić information content (AvgIpc) is 3.19. The molecule has 4 nitrogen and oxygen atoms in total. The fourth-order valence-electron chi connectivity index (χ4n) is 4.22. The standard InChI is InChI=1S/C19H24N4S/c1-22-13-7-11-16(22)18-17(15-10-5-6-12-20-15)21-19(24)23(18)14-8-3-2-4-9-14/h5-7,10-14,17-18H,2-4,8-9H2,1H3,(H,21,24)/t17-,18-/m0/s1. The predicted molar refractivity (Wildman–Crippen MR) is 99.6 cm³/mol. The molecule has 1 aliphatic carbocycles. The summed E-state index contributed by atoms with van der Waals surface area (Å²) in [6, 6.07) is 11.3. The van der Waals surface area contributed by atoms with Gasteiger partial charge in [-0.15, -0.1) is 0 Å². The Morgan fingerprint density at radius 3 is 2.62 bits per heavy atom. The fourth-order valence-corrected chi connectivity index (χ4v) is 4.61. The number of rotatable bonds is 3. The highest BCUT2D eigenvalue weighted by atomic mass is 32.1. The minimum absolute atomic E-state index is 0.106. The van der Waals surface area contributed by atoms with Crippen LogP contribution in [-0.2, 0) is 7.05 Å². The van der Waals surface area contributed by atoms with Gasteiger partial charge in [0, 0.05) is 31.2 Å². The highest BCUT2D eigenvalue weighted by Gasteiger charge is 2.43. The molecular weight excluding hydrogens is 316 g/mol. The fraction of sp³-hybridized carbons (Fsp3) is 0.474. The van der Waals surface area contributed by atoms with Gasteiger partial charge in [-0.1, -0.05) is 25.3 Å². The number of nitrogens with zero attached hydrogens (tertiary/aromatic N) is 3. The number of thiocarbonyl (C=S) groups is 1. The van der Waals surface area contributed by atoms with Gasteiger partial charge >= 0.3 is 0 Å². The lowest BCUT2D eigenvalue weighted by Crippen LogP contribution is -2.40. The first-order valence-corrected chi connectivity index (χ1v) is 9.27. The average molecular weight is 340 g/mol. The second-order valence-corrected chi connectivity index (χ2v) is 7.26. The zero-order valence-corrected chi connectivity index (χ0v) is 14.9. The second kappa shape index (κ2) is 6.55. The van der Waals surface area contributed by atoms with Gasteiger partial charge in [0.25, 0.3) is 0 Å². The molecule has 3 heterocycles. The van der Waals surface area contributed by atoms with Gasteiger partial charge in [-0.05, 0) is 49.3 Å². The van der Waals surface area contributed by atoms with Crippen LogP contribution in [-0.4, -0.2) is 25.6 Å². The van der Waals surface area contributed by atoms with E-state index in [-0.39, 0.29) is 12.1 Å². The van der Waals surface area contributed by atoms with E-state index in [0.717, 1.165) is 10.8 Å². The first-order valence-electron chi connectivity index (χ1n) is 8.86. The van der Waals surface area contributed by atoms with Crippen LogP contribution in [0, 0.1) is 0 Å². The van der Waals surface area contributed by atoms with Crippen molar-refractivity contribution in [1.82, 2.24) is 19.8 Å². The number of nitrogens with one attached hydrogen (secondary N) is 1. The topological polar surface area (TPSA) is 33.1 Å². The van der Waals surface area contributed by atoms with Crippen molar-refractivity contribution in [3.8, 4) is 0 Å². The third-order valence-electron chi connectivity index (χ3n) is 5.39. The lowest BCUT2D eigenvalue weighted by molar-refractivity contribution is 0.192. The summed E-state index contributed by atoms with van der Waals surface area (Å²) < 4.78 is 2.21. The Bertz CT molecular complexity index is 705. The van der Waals surface area contributed by atoms with Gasteiger partial charge in [-0.3, -0.25) is 4.98 Å². The summed E-state index contributed by atoms with van der Waals surface area (Å²) in [6.07, 6.45) is 10.4. The largest absolute Gasteiger partial charge is 0.353 e. The van der Waals surface area contributed by atoms with Gasteiger partial charge in [0.05, 0.1) is 17.8 Å². The van der Waals surface area contributed by atoms with Crippen LogP contribution in [0.15, 0.2) is 42.7 Å². The van der Waals surface area contributed by atoms with E-state index < -0.39 is 0 Å². The van der Waals surface area contributed by atoms with Crippen LogP contribution in [0.3, 0.4) is 0 Å². The van der Waals surface area contributed by atoms with E-state index in [4.69, 9.17) is 12.2 Å². The number of pyridine rings is 1. The monoisotopic (exact) mass is 340 g/mol. The molecule has 2 aromatic rings. The Morgan fingerprint density at radius 2 is 1.96 bits per heavy atom. The molecule has 126 valence electrons. The van der Waals surface area contributed by atoms with Crippen LogP contribution in [0.2, 0.25) is 0 Å². The molecule has 1 saturated heterocycles. The zero-order chi connectivity index (χ0) is 16.5. The Hall–Kier alpha value is -1.88. The Morgan fingerprint density at radius 1 is 1.12 bits per heavy atom. The van der Waals surface area contributed by atoms with Crippen LogP contribution in [0.5, 0.6) is 0 Å². The molecule has 0 bridgehead atoms. The van der Waals surface area contributed by atoms with Crippen molar-refractivity contribution in [1.29, 1.82) is 0 Å². The van der Waals surface area contributed by atoms with Gasteiger partial charge in [0.2, 0.25) is 0 Å². The summed E-state index contributed by atoms with van der Waals surface area (Å²) in [5.41, 5.74) is 2.35. The molecule has 5 heteroatoms. The number of aryl methyl sites for hydroxylation is 1. The highest BCUT2D eigenvalue weighted by Crippen LogP contribution is 2.42. The smallest absolute Gasteiger partial charge is 0.170 e. The molecule has 2 atom stereocenters. The highest BCUT2D eigenvalue weighted by molar-refractivity contribution is 7.80. The van der Waals surface area contributed by atoms with Crippen molar-refractivity contribution >= 4 is 17.3 Å². The van der Waals surface area contributed by atoms with Gasteiger partial charge in [0.1, 0.15) is 0 Å². The normalized spacial score (nSPS) is 25.0. The minimum atomic E-state index is 0.106. The first-order chi connectivity index (χ1) is 11.8. The summed E-state index contributed by atoms with van der Waals surface area (Å²) in [5, 5.41) is 4.44. The Balaban J connectivity index is 1.75. The molecule has 2 aromatic heterocycles. The lowest BCUT2D eigenvalue weighted by Gasteiger charge is -2.37. The van der Waals surface area contributed by atoms with Crippen molar-refractivity contribution in [2.24, 2.45) is 7.05 Å². The Kier molecular flexibility index (Phi) is 4.27. The van der Waals surface area contributed by atoms with Gasteiger partial charge in [0.15, 0.2) is 5.11 Å². The van der Waals surface area contributed by atoms with E-state index in [2.05, 4.69) is 57.3 Å². The molecule has 24 heavy (non-hydrogen) atoms. The molecule has 1 aliphatic heterocycles. The van der Waals surface area contributed by atoms with E-state index in [1.807, 2.05) is 12.3 Å². The number of hydrogen-bond acceptors (Lipinski definition) is 2. The molecule has 0 aromatic carbocycles. The number of hydrogen-bond donors (Lipinski definition) is 1. The summed E-state index contributed by atoms with van der Waals surface area (Å²) >= 11 is 5.77. The van der Waals surface area contributed by atoms with E-state index in [1.54, 1.807) is 0 Å². The predicted octanol–water partition coefficient (Wildman–Crippen LogP) is 3.73. The maximum atomic E-state index is 5.77. The molecule has 0 spiro atoms. The van der Waals surface area contributed by atoms with Crippen LogP contribution >= 0.6 is 12.2 Å². The Labute approximate surface area is 148 Å². The van der Waals surface area contributed by atoms with Crippen molar-refractivity contribution in [2.75, 3.05) is 0 Å². The van der Waals surface area contributed by atoms with E-state index in [9.17, 15) is 0 Å². The van der Waals surface area contributed by atoms with Crippen molar-refractivity contribution in [3.63, 3.8) is 0 Å². The van der Waals surface area contributed by atoms with Crippen LogP contribution < -0.4 is 5.32 Å². The molecule has 0 amide bonds. The van der Waals surface area contributed by atoms with E-state index in [0.29, 0.717) is 6.04 Å². The van der Waals surface area contributed by atoms with Gasteiger partial charge in [-0.2, -0.15) is 0 Å². The maximum absolute atomic E-state index is 5.77. The third kappa shape index (κ3) is 2.71. The van der Waals surface area contributed by atoms with Gasteiger partial charge < -0.3 is 14.8 Å². The summed E-state index contributed by atoms with van der Waals surface area (Å²) in [7, 11) is 2.12. The van der Waals surface area contributed by atoms with E-state index in [1.165, 1.54) is 37.8 Å². The number of aromatic nitrogens is 2. The molecular formula is C19H24N4S. The quantitative estimate of drug-likeness (QED) is 0.863. The van der Waals surface area contributed by atoms with Crippen LogP contribution in [0.4, 0.5) is 0 Å². The maximum Gasteiger partial charge on any atom is 0.170 e. The molecule has 1 N–H and O–H groups in total. The van der Waals surface area contributed by atoms with Gasteiger partial charge in [-0.25, -0.2) is 0 Å². The molecule has 1 saturated carbocycles. The second-order valence-electron chi connectivity index (χ2n) is 6.87. The minimum Gasteiger partial charge on any atom is -0.353 e. The molecule has 0 radical (unpaired) electrons. The SMILES string of the molecule is Cn1cccc1[C@H]1[C@H](c2ccccn2)NC(=S)N1C1CCCCC1. The van der Waals surface area contributed by atoms with Crippen molar-refractivity contribution in [3.05, 3.63) is 54.1 Å². The molecule has 0 unspecified atom stereocenters. The summed E-state index contributed by atoms with van der Waals surface area (Å²) in [4.78, 5) is 7.07. The lowest BCUT2D eigenvalue weighted by atomic mass is 9.92. The first kappa shape index (κ1) is 15.6. The molecule has 4 rings (SSSR count). The van der Waals surface area contributed by atoms with Crippen molar-refractivity contribution < 1.29 is 0 Å².